The summed E-state index contributed by atoms with van der Waals surface area (Å²) in [5.41, 5.74) is 11.1. The van der Waals surface area contributed by atoms with Crippen molar-refractivity contribution in [3.63, 3.8) is 0 Å². The van der Waals surface area contributed by atoms with E-state index in [1.165, 1.54) is 5.57 Å². The monoisotopic (exact) mass is 318 g/mol. The van der Waals surface area contributed by atoms with Gasteiger partial charge in [-0.05, 0) is 23.3 Å². The van der Waals surface area contributed by atoms with Crippen LogP contribution in [0.2, 0.25) is 0 Å². The van der Waals surface area contributed by atoms with Crippen LogP contribution >= 0.6 is 0 Å². The van der Waals surface area contributed by atoms with Crippen LogP contribution in [0, 0.1) is 0 Å². The molecule has 1 aliphatic heterocycles. The molecule has 1 aromatic carbocycles. The molecule has 0 saturated carbocycles. The Balaban J connectivity index is 1.67. The summed E-state index contributed by atoms with van der Waals surface area (Å²) in [5, 5.41) is 4.46. The van der Waals surface area contributed by atoms with Crippen molar-refractivity contribution in [2.75, 3.05) is 17.6 Å². The molecule has 4 rings (SSSR count). The number of aromatic nitrogens is 3. The fraction of sp³-hybridized carbons (Fsp3) is 0.167. The van der Waals surface area contributed by atoms with Gasteiger partial charge in [-0.25, -0.2) is 9.97 Å². The van der Waals surface area contributed by atoms with E-state index in [9.17, 15) is 0 Å². The van der Waals surface area contributed by atoms with Crippen LogP contribution in [0.4, 0.5) is 11.5 Å². The minimum atomic E-state index is 0.500. The Kier molecular flexibility index (Phi) is 3.49. The Hall–Kier alpha value is -3.15. The molecular weight excluding hydrogens is 300 g/mol. The number of aryl methyl sites for hydroxylation is 1. The van der Waals surface area contributed by atoms with E-state index in [0.717, 1.165) is 34.4 Å². The van der Waals surface area contributed by atoms with Gasteiger partial charge in [-0.2, -0.15) is 0 Å². The molecule has 3 heterocycles. The number of anilines is 2. The van der Waals surface area contributed by atoms with E-state index in [1.54, 1.807) is 6.33 Å². The Morgan fingerprint density at radius 2 is 2.21 bits per heavy atom. The molecule has 24 heavy (non-hydrogen) atoms. The lowest BCUT2D eigenvalue weighted by atomic mass is 10.0. The van der Waals surface area contributed by atoms with Crippen LogP contribution in [0.15, 0.2) is 47.9 Å². The molecule has 0 atom stereocenters. The lowest BCUT2D eigenvalue weighted by Gasteiger charge is -2.11. The predicted molar refractivity (Wildman–Crippen MR) is 98.0 cm³/mol. The second kappa shape index (κ2) is 5.81. The van der Waals surface area contributed by atoms with Gasteiger partial charge < -0.3 is 15.6 Å². The number of aliphatic imine (C=N–C) groups is 1. The molecule has 0 fully saturated rings. The number of nitrogens with one attached hydrogen (secondary N) is 1. The SMILES string of the molecule is Cn1cnc(CNc2cc(N)nc3cc(C4=CC=NC4)ccc23)c1. The highest BCUT2D eigenvalue weighted by atomic mass is 15.0. The first kappa shape index (κ1) is 14.4. The standard InChI is InChI=1S/C18H18N6/c1-24-10-14(22-11-24)9-21-16-7-18(19)23-17-6-12(2-3-15(16)17)13-4-5-20-8-13/h2-7,10-11H,8-9H2,1H3,(H3,19,21,23). The molecule has 2 aromatic heterocycles. The van der Waals surface area contributed by atoms with Gasteiger partial charge in [-0.15, -0.1) is 0 Å². The highest BCUT2D eigenvalue weighted by Gasteiger charge is 2.09. The van der Waals surface area contributed by atoms with Crippen LogP contribution in [0.5, 0.6) is 0 Å². The fourth-order valence-corrected chi connectivity index (χ4v) is 2.87. The van der Waals surface area contributed by atoms with E-state index < -0.39 is 0 Å². The number of imidazole rings is 1. The minimum Gasteiger partial charge on any atom is -0.384 e. The van der Waals surface area contributed by atoms with Crippen LogP contribution in [0.25, 0.3) is 16.5 Å². The molecule has 0 amide bonds. The molecule has 0 radical (unpaired) electrons. The first-order valence-electron chi connectivity index (χ1n) is 7.79. The first-order chi connectivity index (χ1) is 11.7. The lowest BCUT2D eigenvalue weighted by molar-refractivity contribution is 0.912. The van der Waals surface area contributed by atoms with Gasteiger partial charge in [0, 0.05) is 36.6 Å². The Morgan fingerprint density at radius 3 is 2.96 bits per heavy atom. The summed E-state index contributed by atoms with van der Waals surface area (Å²) in [5.74, 6) is 0.500. The van der Waals surface area contributed by atoms with Gasteiger partial charge in [-0.1, -0.05) is 12.1 Å². The third-order valence-electron chi connectivity index (χ3n) is 4.06. The summed E-state index contributed by atoms with van der Waals surface area (Å²) in [4.78, 5) is 13.0. The molecule has 6 nitrogen and oxygen atoms in total. The summed E-state index contributed by atoms with van der Waals surface area (Å²) >= 11 is 0. The van der Waals surface area contributed by atoms with Gasteiger partial charge in [-0.3, -0.25) is 4.99 Å². The third-order valence-corrected chi connectivity index (χ3v) is 4.06. The largest absolute Gasteiger partial charge is 0.384 e. The highest BCUT2D eigenvalue weighted by molar-refractivity contribution is 5.96. The number of pyridine rings is 1. The second-order valence-corrected chi connectivity index (χ2v) is 5.89. The molecule has 3 aromatic rings. The molecule has 0 saturated heterocycles. The van der Waals surface area contributed by atoms with E-state index in [0.29, 0.717) is 12.4 Å². The summed E-state index contributed by atoms with van der Waals surface area (Å²) in [7, 11) is 1.96. The summed E-state index contributed by atoms with van der Waals surface area (Å²) < 4.78 is 1.93. The maximum absolute atomic E-state index is 5.99. The number of benzene rings is 1. The number of nitrogens with two attached hydrogens (primary N) is 1. The number of hydrogen-bond acceptors (Lipinski definition) is 5. The molecule has 0 spiro atoms. The second-order valence-electron chi connectivity index (χ2n) is 5.89. The number of hydrogen-bond donors (Lipinski definition) is 2. The maximum Gasteiger partial charge on any atom is 0.126 e. The van der Waals surface area contributed by atoms with Crippen molar-refractivity contribution in [2.24, 2.45) is 12.0 Å². The van der Waals surface area contributed by atoms with Crippen molar-refractivity contribution in [1.82, 2.24) is 14.5 Å². The van der Waals surface area contributed by atoms with Crippen LogP contribution in [-0.2, 0) is 13.6 Å². The summed E-state index contributed by atoms with van der Waals surface area (Å²) in [6.07, 6.45) is 7.66. The van der Waals surface area contributed by atoms with Crippen molar-refractivity contribution in [2.45, 2.75) is 6.54 Å². The van der Waals surface area contributed by atoms with Gasteiger partial charge in [0.1, 0.15) is 5.82 Å². The number of rotatable bonds is 4. The maximum atomic E-state index is 5.99. The van der Waals surface area contributed by atoms with E-state index >= 15 is 0 Å². The van der Waals surface area contributed by atoms with E-state index in [1.807, 2.05) is 36.2 Å². The van der Waals surface area contributed by atoms with Gasteiger partial charge in [0.05, 0.1) is 30.6 Å². The van der Waals surface area contributed by atoms with Gasteiger partial charge in [0.25, 0.3) is 0 Å². The summed E-state index contributed by atoms with van der Waals surface area (Å²) in [6.45, 7) is 1.36. The summed E-state index contributed by atoms with van der Waals surface area (Å²) in [6, 6.07) is 8.12. The molecule has 1 aliphatic rings. The van der Waals surface area contributed by atoms with E-state index in [4.69, 9.17) is 5.73 Å². The van der Waals surface area contributed by atoms with Gasteiger partial charge in [0.2, 0.25) is 0 Å². The van der Waals surface area contributed by atoms with Crippen molar-refractivity contribution in [3.05, 3.63) is 54.1 Å². The molecule has 0 aliphatic carbocycles. The lowest BCUT2D eigenvalue weighted by Crippen LogP contribution is -2.03. The van der Waals surface area contributed by atoms with Crippen molar-refractivity contribution in [1.29, 1.82) is 0 Å². The number of fused-ring (bicyclic) bond motifs is 1. The molecule has 0 unspecified atom stereocenters. The number of nitrogen functional groups attached to an aromatic ring is 1. The van der Waals surface area contributed by atoms with Crippen LogP contribution < -0.4 is 11.1 Å². The number of nitrogens with zero attached hydrogens (tertiary/aromatic N) is 4. The highest BCUT2D eigenvalue weighted by Crippen LogP contribution is 2.28. The molecule has 3 N–H and O–H groups in total. The zero-order valence-corrected chi connectivity index (χ0v) is 13.4. The smallest absolute Gasteiger partial charge is 0.126 e. The predicted octanol–water partition coefficient (Wildman–Crippen LogP) is 2.63. The van der Waals surface area contributed by atoms with Gasteiger partial charge >= 0.3 is 0 Å². The zero-order chi connectivity index (χ0) is 16.5. The molecule has 120 valence electrons. The Morgan fingerprint density at radius 1 is 1.29 bits per heavy atom. The minimum absolute atomic E-state index is 0.500. The average Bonchev–Trinajstić information content (AvgIpc) is 3.23. The van der Waals surface area contributed by atoms with E-state index in [2.05, 4.69) is 38.5 Å². The Labute approximate surface area is 139 Å². The van der Waals surface area contributed by atoms with Crippen molar-refractivity contribution >= 4 is 34.2 Å². The molecule has 0 bridgehead atoms. The van der Waals surface area contributed by atoms with E-state index in [-0.39, 0.29) is 0 Å². The normalized spacial score (nSPS) is 13.5. The fourth-order valence-electron chi connectivity index (χ4n) is 2.87. The topological polar surface area (TPSA) is 81.1 Å². The van der Waals surface area contributed by atoms with Crippen LogP contribution in [0.3, 0.4) is 0 Å². The van der Waals surface area contributed by atoms with Gasteiger partial charge in [0.15, 0.2) is 0 Å². The zero-order valence-electron chi connectivity index (χ0n) is 13.4. The molecular formula is C18H18N6. The third kappa shape index (κ3) is 2.74. The molecule has 6 heteroatoms. The van der Waals surface area contributed by atoms with Crippen molar-refractivity contribution in [3.8, 4) is 0 Å². The van der Waals surface area contributed by atoms with Crippen LogP contribution in [-0.4, -0.2) is 27.3 Å². The average molecular weight is 318 g/mol. The van der Waals surface area contributed by atoms with Crippen molar-refractivity contribution < 1.29 is 0 Å². The quantitative estimate of drug-likeness (QED) is 0.775. The van der Waals surface area contributed by atoms with Crippen LogP contribution in [0.1, 0.15) is 11.3 Å². The Bertz CT molecular complexity index is 967. The first-order valence-corrected chi connectivity index (χ1v) is 7.79. The number of allylic oxidation sites excluding steroid dienone is 1.